The molecule has 0 atom stereocenters. The van der Waals surface area contributed by atoms with Crippen molar-refractivity contribution in [3.8, 4) is 0 Å². The van der Waals surface area contributed by atoms with Gasteiger partial charge in [-0.25, -0.2) is 4.39 Å². The molecule has 60 valence electrons. The van der Waals surface area contributed by atoms with Gasteiger partial charge in [0.25, 0.3) is 18.0 Å². The van der Waals surface area contributed by atoms with Crippen molar-refractivity contribution in [3.63, 3.8) is 0 Å². The molecule has 1 heterocycles. The molecular weight excluding hydrogens is 153 g/mol. The maximum Gasteiger partial charge on any atom is 0.271 e. The van der Waals surface area contributed by atoms with E-state index in [9.17, 15) is 14.0 Å². The molecule has 0 aliphatic carbocycles. The third-order valence-corrected chi connectivity index (χ3v) is 1.17. The minimum absolute atomic E-state index is 0.0195. The predicted octanol–water partition coefficient (Wildman–Crippen LogP) is -1.44. The summed E-state index contributed by atoms with van der Waals surface area (Å²) >= 11 is 0. The highest BCUT2D eigenvalue weighted by molar-refractivity contribution is 6.19. The number of alkyl halides is 1. The van der Waals surface area contributed by atoms with Gasteiger partial charge in [-0.15, -0.1) is 0 Å². The van der Waals surface area contributed by atoms with Crippen LogP contribution in [0.2, 0.25) is 0 Å². The quantitative estimate of drug-likeness (QED) is 0.425. The number of nitrogens with zero attached hydrogens (tertiary/aromatic N) is 1. The fraction of sp³-hybridized carbons (Fsp3) is 0.400. The summed E-state index contributed by atoms with van der Waals surface area (Å²) in [7, 11) is 1.37. The van der Waals surface area contributed by atoms with Crippen LogP contribution in [0.15, 0.2) is 4.99 Å². The van der Waals surface area contributed by atoms with Gasteiger partial charge in [-0.3, -0.25) is 25.2 Å². The van der Waals surface area contributed by atoms with Gasteiger partial charge in [0.1, 0.15) is 0 Å². The maximum atomic E-state index is 12.4. The Morgan fingerprint density at radius 3 is 2.18 bits per heavy atom. The van der Waals surface area contributed by atoms with E-state index >= 15 is 0 Å². The van der Waals surface area contributed by atoms with E-state index in [1.807, 2.05) is 0 Å². The van der Waals surface area contributed by atoms with Gasteiger partial charge in [0, 0.05) is 7.05 Å². The molecule has 0 unspecified atom stereocenters. The lowest BCUT2D eigenvalue weighted by Gasteiger charge is -2.17. The molecule has 0 saturated carbocycles. The third-order valence-electron chi connectivity index (χ3n) is 1.17. The van der Waals surface area contributed by atoms with E-state index in [1.54, 1.807) is 0 Å². The fourth-order valence-corrected chi connectivity index (χ4v) is 0.622. The van der Waals surface area contributed by atoms with Gasteiger partial charge in [-0.2, -0.15) is 0 Å². The largest absolute Gasteiger partial charge is 0.293 e. The van der Waals surface area contributed by atoms with Crippen molar-refractivity contribution in [3.05, 3.63) is 0 Å². The standard InChI is InChI=1S/C5H6FN3O2/c1-7-5-8-3(10)2(6)4(11)9-5/h2H,1H3,(H2,7,8,9,10,11). The molecule has 1 aliphatic heterocycles. The monoisotopic (exact) mass is 159 g/mol. The molecule has 5 nitrogen and oxygen atoms in total. The Hall–Kier alpha value is -1.46. The van der Waals surface area contributed by atoms with Crippen LogP contribution in [0.4, 0.5) is 4.39 Å². The van der Waals surface area contributed by atoms with Crippen molar-refractivity contribution in [1.82, 2.24) is 10.6 Å². The first-order valence-electron chi connectivity index (χ1n) is 2.87. The van der Waals surface area contributed by atoms with Crippen LogP contribution < -0.4 is 10.6 Å². The zero-order valence-corrected chi connectivity index (χ0v) is 5.72. The zero-order chi connectivity index (χ0) is 8.43. The van der Waals surface area contributed by atoms with Gasteiger partial charge in [0.2, 0.25) is 5.96 Å². The molecule has 1 rings (SSSR count). The Morgan fingerprint density at radius 1 is 1.36 bits per heavy atom. The lowest BCUT2D eigenvalue weighted by molar-refractivity contribution is -0.136. The Bertz CT molecular complexity index is 218. The first kappa shape index (κ1) is 7.64. The van der Waals surface area contributed by atoms with E-state index in [1.165, 1.54) is 7.05 Å². The molecule has 2 amide bonds. The van der Waals surface area contributed by atoms with Crippen LogP contribution in [-0.2, 0) is 9.59 Å². The van der Waals surface area contributed by atoms with Gasteiger partial charge < -0.3 is 0 Å². The number of carbonyl (C=O) groups excluding carboxylic acids is 2. The Labute approximate surface area is 61.7 Å². The lowest BCUT2D eigenvalue weighted by atomic mass is 10.3. The average molecular weight is 159 g/mol. The van der Waals surface area contributed by atoms with E-state index < -0.39 is 18.0 Å². The summed E-state index contributed by atoms with van der Waals surface area (Å²) in [6.45, 7) is 0. The van der Waals surface area contributed by atoms with Gasteiger partial charge in [0.05, 0.1) is 0 Å². The van der Waals surface area contributed by atoms with Crippen LogP contribution in [0.1, 0.15) is 0 Å². The highest BCUT2D eigenvalue weighted by Crippen LogP contribution is 1.95. The molecule has 1 saturated heterocycles. The summed E-state index contributed by atoms with van der Waals surface area (Å²) in [4.78, 5) is 24.6. The summed E-state index contributed by atoms with van der Waals surface area (Å²) in [6, 6.07) is 0. The molecule has 1 aliphatic rings. The molecule has 0 radical (unpaired) electrons. The van der Waals surface area contributed by atoms with Crippen LogP contribution in [0, 0.1) is 0 Å². The summed E-state index contributed by atoms with van der Waals surface area (Å²) in [5, 5.41) is 4.10. The summed E-state index contributed by atoms with van der Waals surface area (Å²) in [6.07, 6.45) is -2.12. The van der Waals surface area contributed by atoms with E-state index in [4.69, 9.17) is 0 Å². The number of aliphatic imine (C=N–C) groups is 1. The van der Waals surface area contributed by atoms with E-state index in [0.717, 1.165) is 0 Å². The second kappa shape index (κ2) is 2.65. The van der Waals surface area contributed by atoms with E-state index in [-0.39, 0.29) is 5.96 Å². The van der Waals surface area contributed by atoms with Crippen molar-refractivity contribution in [2.45, 2.75) is 6.17 Å². The van der Waals surface area contributed by atoms with E-state index in [2.05, 4.69) is 15.6 Å². The zero-order valence-electron chi connectivity index (χ0n) is 5.72. The highest BCUT2D eigenvalue weighted by atomic mass is 19.1. The first-order chi connectivity index (χ1) is 5.15. The van der Waals surface area contributed by atoms with Crippen molar-refractivity contribution in [1.29, 1.82) is 0 Å². The fourth-order valence-electron chi connectivity index (χ4n) is 0.622. The molecule has 11 heavy (non-hydrogen) atoms. The number of rotatable bonds is 0. The summed E-state index contributed by atoms with van der Waals surface area (Å²) in [5.74, 6) is -1.97. The van der Waals surface area contributed by atoms with Gasteiger partial charge >= 0.3 is 0 Å². The average Bonchev–Trinajstić information content (AvgIpc) is 1.99. The molecule has 0 aromatic rings. The lowest BCUT2D eigenvalue weighted by Crippen LogP contribution is -2.57. The van der Waals surface area contributed by atoms with Crippen molar-refractivity contribution < 1.29 is 14.0 Å². The number of nitrogens with one attached hydrogen (secondary N) is 2. The van der Waals surface area contributed by atoms with Gasteiger partial charge in [-0.1, -0.05) is 0 Å². The minimum Gasteiger partial charge on any atom is -0.293 e. The third kappa shape index (κ3) is 1.34. The first-order valence-corrected chi connectivity index (χ1v) is 2.87. The smallest absolute Gasteiger partial charge is 0.271 e. The number of hydrogen-bond donors (Lipinski definition) is 2. The topological polar surface area (TPSA) is 70.6 Å². The van der Waals surface area contributed by atoms with Gasteiger partial charge in [0.15, 0.2) is 0 Å². The van der Waals surface area contributed by atoms with Crippen LogP contribution in [0.3, 0.4) is 0 Å². The molecule has 0 spiro atoms. The SMILES string of the molecule is CN=C1NC(=O)C(F)C(=O)N1. The number of guanidine groups is 1. The molecule has 1 fully saturated rings. The van der Waals surface area contributed by atoms with Crippen LogP contribution in [-0.4, -0.2) is 31.0 Å². The van der Waals surface area contributed by atoms with E-state index in [0.29, 0.717) is 0 Å². The molecule has 2 N–H and O–H groups in total. The molecular formula is C5H6FN3O2. The Balaban J connectivity index is 2.78. The van der Waals surface area contributed by atoms with Crippen LogP contribution >= 0.6 is 0 Å². The number of halogens is 1. The molecule has 0 aromatic carbocycles. The second-order valence-corrected chi connectivity index (χ2v) is 1.91. The maximum absolute atomic E-state index is 12.4. The molecule has 6 heteroatoms. The highest BCUT2D eigenvalue weighted by Gasteiger charge is 2.32. The predicted molar refractivity (Wildman–Crippen MR) is 34.5 cm³/mol. The number of amides is 2. The normalized spacial score (nSPS) is 24.2. The van der Waals surface area contributed by atoms with Crippen LogP contribution in [0.5, 0.6) is 0 Å². The number of carbonyl (C=O) groups is 2. The van der Waals surface area contributed by atoms with Crippen molar-refractivity contribution >= 4 is 17.8 Å². The van der Waals surface area contributed by atoms with Gasteiger partial charge in [-0.05, 0) is 0 Å². The molecule has 0 aromatic heterocycles. The number of hydrogen-bond acceptors (Lipinski definition) is 3. The summed E-state index contributed by atoms with van der Waals surface area (Å²) in [5.41, 5.74) is 0. The Kier molecular flexibility index (Phi) is 1.84. The van der Waals surface area contributed by atoms with Crippen LogP contribution in [0.25, 0.3) is 0 Å². The van der Waals surface area contributed by atoms with Crippen molar-refractivity contribution in [2.24, 2.45) is 4.99 Å². The Morgan fingerprint density at radius 2 is 1.82 bits per heavy atom. The molecule has 0 bridgehead atoms. The summed E-state index contributed by atoms with van der Waals surface area (Å²) < 4.78 is 12.4. The second-order valence-electron chi connectivity index (χ2n) is 1.91. The van der Waals surface area contributed by atoms with Crippen molar-refractivity contribution in [2.75, 3.05) is 7.05 Å². The minimum atomic E-state index is -2.12.